The van der Waals surface area contributed by atoms with Gasteiger partial charge >= 0.3 is 0 Å². The number of hydrogen-bond acceptors (Lipinski definition) is 3. The summed E-state index contributed by atoms with van der Waals surface area (Å²) in [7, 11) is 1.83. The number of carbonyl (C=O) groups excluding carboxylic acids is 1. The summed E-state index contributed by atoms with van der Waals surface area (Å²) < 4.78 is 1.67. The van der Waals surface area contributed by atoms with E-state index in [4.69, 9.17) is 0 Å². The standard InChI is InChI=1S/C13H15N3OS/c1-8-11(9-3-4-9)5-12(18-8)13(17)15-10-6-14-16(2)7-10/h5-7,9H,3-4H2,1-2H3,(H,15,17). The normalized spacial score (nSPS) is 14.8. The van der Waals surface area contributed by atoms with Crippen LogP contribution >= 0.6 is 11.3 Å². The topological polar surface area (TPSA) is 46.9 Å². The van der Waals surface area contributed by atoms with Gasteiger partial charge in [-0.15, -0.1) is 11.3 Å². The van der Waals surface area contributed by atoms with Crippen LogP contribution in [0.5, 0.6) is 0 Å². The van der Waals surface area contributed by atoms with Crippen molar-refractivity contribution in [2.24, 2.45) is 7.05 Å². The third kappa shape index (κ3) is 2.18. The van der Waals surface area contributed by atoms with Crippen LogP contribution in [0.25, 0.3) is 0 Å². The summed E-state index contributed by atoms with van der Waals surface area (Å²) in [5.74, 6) is 0.657. The highest BCUT2D eigenvalue weighted by Crippen LogP contribution is 2.44. The van der Waals surface area contributed by atoms with Gasteiger partial charge in [0.25, 0.3) is 5.91 Å². The number of nitrogens with one attached hydrogen (secondary N) is 1. The molecule has 18 heavy (non-hydrogen) atoms. The van der Waals surface area contributed by atoms with Gasteiger partial charge in [-0.25, -0.2) is 0 Å². The molecule has 1 aliphatic rings. The Bertz CT molecular complexity index is 595. The van der Waals surface area contributed by atoms with Gasteiger partial charge in [0, 0.05) is 18.1 Å². The molecule has 0 unspecified atom stereocenters. The van der Waals surface area contributed by atoms with Crippen LogP contribution < -0.4 is 5.32 Å². The minimum Gasteiger partial charge on any atom is -0.319 e. The van der Waals surface area contributed by atoms with E-state index < -0.39 is 0 Å². The Morgan fingerprint density at radius 1 is 1.56 bits per heavy atom. The lowest BCUT2D eigenvalue weighted by molar-refractivity contribution is 0.103. The molecule has 1 saturated carbocycles. The second kappa shape index (κ2) is 4.24. The van der Waals surface area contributed by atoms with Gasteiger partial charge in [-0.3, -0.25) is 9.48 Å². The molecule has 4 nitrogen and oxygen atoms in total. The molecule has 94 valence electrons. The fourth-order valence-corrected chi connectivity index (χ4v) is 3.09. The number of anilines is 1. The third-order valence-corrected chi connectivity index (χ3v) is 4.22. The van der Waals surface area contributed by atoms with Crippen LogP contribution in [0, 0.1) is 6.92 Å². The van der Waals surface area contributed by atoms with Crippen LogP contribution in [0.1, 0.15) is 38.9 Å². The predicted molar refractivity (Wildman–Crippen MR) is 72.2 cm³/mol. The zero-order valence-corrected chi connectivity index (χ0v) is 11.3. The van der Waals surface area contributed by atoms with Crippen LogP contribution in [0.3, 0.4) is 0 Å². The Morgan fingerprint density at radius 3 is 2.94 bits per heavy atom. The number of aryl methyl sites for hydroxylation is 2. The molecule has 2 heterocycles. The summed E-state index contributed by atoms with van der Waals surface area (Å²) in [6.07, 6.45) is 5.98. The van der Waals surface area contributed by atoms with E-state index in [0.29, 0.717) is 5.92 Å². The zero-order valence-electron chi connectivity index (χ0n) is 10.4. The van der Waals surface area contributed by atoms with E-state index in [9.17, 15) is 4.79 Å². The SMILES string of the molecule is Cc1sc(C(=O)Nc2cnn(C)c2)cc1C1CC1. The van der Waals surface area contributed by atoms with E-state index in [1.807, 2.05) is 13.1 Å². The smallest absolute Gasteiger partial charge is 0.265 e. The number of carbonyl (C=O) groups is 1. The summed E-state index contributed by atoms with van der Waals surface area (Å²) in [5.41, 5.74) is 2.10. The second-order valence-corrected chi connectivity index (χ2v) is 6.01. The van der Waals surface area contributed by atoms with E-state index in [1.54, 1.807) is 28.4 Å². The van der Waals surface area contributed by atoms with Gasteiger partial charge in [0.1, 0.15) is 0 Å². The number of nitrogens with zero attached hydrogens (tertiary/aromatic N) is 2. The van der Waals surface area contributed by atoms with E-state index >= 15 is 0 Å². The van der Waals surface area contributed by atoms with Crippen molar-refractivity contribution in [3.63, 3.8) is 0 Å². The van der Waals surface area contributed by atoms with Crippen LogP contribution in [0.2, 0.25) is 0 Å². The third-order valence-electron chi connectivity index (χ3n) is 3.16. The monoisotopic (exact) mass is 261 g/mol. The van der Waals surface area contributed by atoms with Gasteiger partial charge in [0.05, 0.1) is 16.8 Å². The molecular formula is C13H15N3OS. The first-order valence-corrected chi connectivity index (χ1v) is 6.85. The molecular weight excluding hydrogens is 246 g/mol. The molecule has 0 radical (unpaired) electrons. The lowest BCUT2D eigenvalue weighted by atomic mass is 10.1. The number of aromatic nitrogens is 2. The van der Waals surface area contributed by atoms with Crippen LogP contribution in [-0.4, -0.2) is 15.7 Å². The van der Waals surface area contributed by atoms with E-state index in [0.717, 1.165) is 10.6 Å². The van der Waals surface area contributed by atoms with Gasteiger partial charge in [-0.05, 0) is 37.3 Å². The summed E-state index contributed by atoms with van der Waals surface area (Å²) >= 11 is 1.58. The molecule has 1 aliphatic carbocycles. The first-order chi connectivity index (χ1) is 8.63. The average molecular weight is 261 g/mol. The fraction of sp³-hybridized carbons (Fsp3) is 0.385. The van der Waals surface area contributed by atoms with Crippen LogP contribution in [0.4, 0.5) is 5.69 Å². The lowest BCUT2D eigenvalue weighted by Gasteiger charge is -1.98. The maximum atomic E-state index is 12.1. The average Bonchev–Trinajstić information content (AvgIpc) is 2.98. The molecule has 0 spiro atoms. The highest BCUT2D eigenvalue weighted by Gasteiger charge is 2.27. The molecule has 2 aromatic heterocycles. The molecule has 0 bridgehead atoms. The minimum absolute atomic E-state index is 0.0389. The summed E-state index contributed by atoms with van der Waals surface area (Å²) in [6, 6.07) is 2.05. The van der Waals surface area contributed by atoms with Crippen molar-refractivity contribution in [1.82, 2.24) is 9.78 Å². The van der Waals surface area contributed by atoms with Gasteiger partial charge in [-0.1, -0.05) is 0 Å². The second-order valence-electron chi connectivity index (χ2n) is 4.75. The molecule has 1 fully saturated rings. The molecule has 1 N–H and O–H groups in total. The minimum atomic E-state index is -0.0389. The molecule has 0 atom stereocenters. The fourth-order valence-electron chi connectivity index (χ4n) is 2.09. The van der Waals surface area contributed by atoms with Crippen molar-refractivity contribution >= 4 is 22.9 Å². The van der Waals surface area contributed by atoms with Crippen LogP contribution in [-0.2, 0) is 7.05 Å². The maximum Gasteiger partial charge on any atom is 0.265 e. The van der Waals surface area contributed by atoms with Crippen molar-refractivity contribution in [3.05, 3.63) is 33.8 Å². The number of hydrogen-bond donors (Lipinski definition) is 1. The van der Waals surface area contributed by atoms with E-state index in [1.165, 1.54) is 23.3 Å². The van der Waals surface area contributed by atoms with E-state index in [-0.39, 0.29) is 5.91 Å². The van der Waals surface area contributed by atoms with Crippen molar-refractivity contribution in [1.29, 1.82) is 0 Å². The summed E-state index contributed by atoms with van der Waals surface area (Å²) in [6.45, 7) is 2.10. The number of amides is 1. The quantitative estimate of drug-likeness (QED) is 0.923. The van der Waals surface area contributed by atoms with Crippen molar-refractivity contribution in [3.8, 4) is 0 Å². The molecule has 0 aromatic carbocycles. The molecule has 5 heteroatoms. The Hall–Kier alpha value is -1.62. The van der Waals surface area contributed by atoms with Gasteiger partial charge in [-0.2, -0.15) is 5.10 Å². The number of rotatable bonds is 3. The molecule has 0 saturated heterocycles. The van der Waals surface area contributed by atoms with Crippen molar-refractivity contribution in [2.45, 2.75) is 25.7 Å². The predicted octanol–water partition coefficient (Wildman–Crippen LogP) is 2.92. The Morgan fingerprint density at radius 2 is 2.33 bits per heavy atom. The lowest BCUT2D eigenvalue weighted by Crippen LogP contribution is -2.09. The summed E-state index contributed by atoms with van der Waals surface area (Å²) in [5, 5.41) is 6.90. The van der Waals surface area contributed by atoms with Crippen molar-refractivity contribution < 1.29 is 4.79 Å². The van der Waals surface area contributed by atoms with Crippen LogP contribution in [0.15, 0.2) is 18.5 Å². The van der Waals surface area contributed by atoms with Crippen molar-refractivity contribution in [2.75, 3.05) is 5.32 Å². The van der Waals surface area contributed by atoms with Gasteiger partial charge in [0.2, 0.25) is 0 Å². The maximum absolute atomic E-state index is 12.1. The first-order valence-electron chi connectivity index (χ1n) is 6.04. The largest absolute Gasteiger partial charge is 0.319 e. The molecule has 3 rings (SSSR count). The Kier molecular flexibility index (Phi) is 2.70. The zero-order chi connectivity index (χ0) is 12.7. The Balaban J connectivity index is 1.77. The van der Waals surface area contributed by atoms with Gasteiger partial charge < -0.3 is 5.32 Å². The van der Waals surface area contributed by atoms with E-state index in [2.05, 4.69) is 17.3 Å². The first kappa shape index (κ1) is 11.5. The van der Waals surface area contributed by atoms with Gasteiger partial charge in [0.15, 0.2) is 0 Å². The Labute approximate surface area is 110 Å². The highest BCUT2D eigenvalue weighted by molar-refractivity contribution is 7.14. The number of thiophene rings is 1. The molecule has 0 aliphatic heterocycles. The summed E-state index contributed by atoms with van der Waals surface area (Å²) in [4.78, 5) is 14.2. The molecule has 1 amide bonds. The molecule has 2 aromatic rings. The highest BCUT2D eigenvalue weighted by atomic mass is 32.1.